The molecule has 0 spiro atoms. The number of nitrogens with zero attached hydrogens (tertiary/aromatic N) is 5. The van der Waals surface area contributed by atoms with E-state index >= 15 is 0 Å². The Balaban J connectivity index is 1.29. The Bertz CT molecular complexity index is 1180. The summed E-state index contributed by atoms with van der Waals surface area (Å²) in [5.41, 5.74) is 4.85. The smallest absolute Gasteiger partial charge is 0.247 e. The van der Waals surface area contributed by atoms with E-state index in [0.29, 0.717) is 11.8 Å². The number of benzene rings is 1. The molecule has 1 N–H and O–H groups in total. The monoisotopic (exact) mass is 428 g/mol. The third kappa shape index (κ3) is 4.43. The highest BCUT2D eigenvalue weighted by Gasteiger charge is 2.13. The molecular formula is C25H28N6O. The zero-order valence-corrected chi connectivity index (χ0v) is 18.4. The standard InChI is InChI=1S/C25H28N6O/c1-32-24-21(8-5-15-26-24)22-9-4-10-23-28-25(29-31(22)23)27-20-13-11-19(12-14-20)7-6-18-30-16-2-3-17-30/h4-5,8-15H,2-3,6-7,16-18H2,1H3,(H,27,29). The molecule has 0 amide bonds. The van der Waals surface area contributed by atoms with Crippen LogP contribution in [0.2, 0.25) is 0 Å². The Morgan fingerprint density at radius 1 is 1.00 bits per heavy atom. The third-order valence-corrected chi connectivity index (χ3v) is 5.95. The highest BCUT2D eigenvalue weighted by atomic mass is 16.5. The van der Waals surface area contributed by atoms with Crippen LogP contribution in [0, 0.1) is 0 Å². The van der Waals surface area contributed by atoms with Crippen molar-refractivity contribution in [1.29, 1.82) is 0 Å². The topological polar surface area (TPSA) is 67.6 Å². The molecule has 5 rings (SSSR count). The molecule has 1 aliphatic heterocycles. The summed E-state index contributed by atoms with van der Waals surface area (Å²) in [4.78, 5) is 11.5. The lowest BCUT2D eigenvalue weighted by atomic mass is 10.1. The number of fused-ring (bicyclic) bond motifs is 1. The predicted octanol–water partition coefficient (Wildman–Crippen LogP) is 4.57. The van der Waals surface area contributed by atoms with Gasteiger partial charge in [-0.3, -0.25) is 0 Å². The van der Waals surface area contributed by atoms with Crippen molar-refractivity contribution < 1.29 is 4.74 Å². The first-order valence-corrected chi connectivity index (χ1v) is 11.2. The van der Waals surface area contributed by atoms with Crippen molar-refractivity contribution >= 4 is 17.3 Å². The Hall–Kier alpha value is -3.45. The van der Waals surface area contributed by atoms with Gasteiger partial charge in [-0.1, -0.05) is 18.2 Å². The van der Waals surface area contributed by atoms with E-state index in [-0.39, 0.29) is 0 Å². The molecule has 0 saturated carbocycles. The molecule has 164 valence electrons. The lowest BCUT2D eigenvalue weighted by molar-refractivity contribution is 0.334. The van der Waals surface area contributed by atoms with Crippen molar-refractivity contribution in [2.45, 2.75) is 25.7 Å². The van der Waals surface area contributed by atoms with Gasteiger partial charge in [0.25, 0.3) is 0 Å². The number of aromatic nitrogens is 4. The van der Waals surface area contributed by atoms with E-state index in [1.54, 1.807) is 13.3 Å². The molecule has 0 radical (unpaired) electrons. The molecule has 1 aromatic carbocycles. The molecule has 1 saturated heterocycles. The van der Waals surface area contributed by atoms with Crippen molar-refractivity contribution in [3.05, 3.63) is 66.4 Å². The van der Waals surface area contributed by atoms with Gasteiger partial charge < -0.3 is 15.0 Å². The van der Waals surface area contributed by atoms with Gasteiger partial charge in [0.15, 0.2) is 5.65 Å². The summed E-state index contributed by atoms with van der Waals surface area (Å²) in [5.74, 6) is 1.12. The molecule has 0 bridgehead atoms. The zero-order valence-electron chi connectivity index (χ0n) is 18.4. The van der Waals surface area contributed by atoms with Crippen LogP contribution >= 0.6 is 0 Å². The average Bonchev–Trinajstić information content (AvgIpc) is 3.49. The summed E-state index contributed by atoms with van der Waals surface area (Å²) in [6, 6.07) is 18.3. The first-order valence-electron chi connectivity index (χ1n) is 11.2. The highest BCUT2D eigenvalue weighted by molar-refractivity contribution is 5.68. The van der Waals surface area contributed by atoms with Crippen LogP contribution in [0.5, 0.6) is 5.88 Å². The van der Waals surface area contributed by atoms with Crippen molar-refractivity contribution in [3.63, 3.8) is 0 Å². The second-order valence-corrected chi connectivity index (χ2v) is 8.15. The first-order chi connectivity index (χ1) is 15.8. The molecule has 4 aromatic rings. The maximum atomic E-state index is 5.43. The number of rotatable bonds is 8. The number of pyridine rings is 2. The molecule has 1 aliphatic rings. The van der Waals surface area contributed by atoms with E-state index in [4.69, 9.17) is 4.74 Å². The lowest BCUT2D eigenvalue weighted by Crippen LogP contribution is -2.20. The molecule has 1 fully saturated rings. The summed E-state index contributed by atoms with van der Waals surface area (Å²) >= 11 is 0. The van der Waals surface area contributed by atoms with E-state index in [0.717, 1.165) is 29.0 Å². The van der Waals surface area contributed by atoms with Crippen LogP contribution in [0.15, 0.2) is 60.8 Å². The molecule has 0 atom stereocenters. The van der Waals surface area contributed by atoms with E-state index < -0.39 is 0 Å². The Morgan fingerprint density at radius 3 is 2.66 bits per heavy atom. The first kappa shape index (κ1) is 20.5. The van der Waals surface area contributed by atoms with E-state index in [1.807, 2.05) is 34.8 Å². The Morgan fingerprint density at radius 2 is 1.84 bits per heavy atom. The SMILES string of the molecule is COc1ncccc1-c1cccc2nc(Nc3ccc(CCCN4CCCC4)cc3)nn12. The van der Waals surface area contributed by atoms with Gasteiger partial charge in [-0.25, -0.2) is 9.50 Å². The van der Waals surface area contributed by atoms with Crippen molar-refractivity contribution in [2.75, 3.05) is 32.1 Å². The quantitative estimate of drug-likeness (QED) is 0.443. The lowest BCUT2D eigenvalue weighted by Gasteiger charge is -2.14. The van der Waals surface area contributed by atoms with E-state index in [1.165, 1.54) is 44.5 Å². The van der Waals surface area contributed by atoms with Crippen LogP contribution in [0.25, 0.3) is 16.9 Å². The normalized spacial score (nSPS) is 14.2. The summed E-state index contributed by atoms with van der Waals surface area (Å²) in [5, 5.41) is 8.01. The van der Waals surface area contributed by atoms with Crippen molar-refractivity contribution in [3.8, 4) is 17.1 Å². The fraction of sp³-hybridized carbons (Fsp3) is 0.320. The molecule has 3 aromatic heterocycles. The van der Waals surface area contributed by atoms with Gasteiger partial charge in [0.1, 0.15) is 0 Å². The minimum Gasteiger partial charge on any atom is -0.481 e. The minimum absolute atomic E-state index is 0.557. The fourth-order valence-corrected chi connectivity index (χ4v) is 4.31. The molecule has 32 heavy (non-hydrogen) atoms. The highest BCUT2D eigenvalue weighted by Crippen LogP contribution is 2.28. The van der Waals surface area contributed by atoms with Crippen LogP contribution in [-0.2, 0) is 6.42 Å². The van der Waals surface area contributed by atoms with E-state index in [9.17, 15) is 0 Å². The summed E-state index contributed by atoms with van der Waals surface area (Å²) < 4.78 is 7.24. The maximum Gasteiger partial charge on any atom is 0.247 e. The van der Waals surface area contributed by atoms with Crippen LogP contribution < -0.4 is 10.1 Å². The number of methoxy groups -OCH3 is 1. The van der Waals surface area contributed by atoms with Crippen molar-refractivity contribution in [2.24, 2.45) is 0 Å². The fourth-order valence-electron chi connectivity index (χ4n) is 4.31. The Labute approximate surface area is 188 Å². The molecular weight excluding hydrogens is 400 g/mol. The zero-order chi connectivity index (χ0) is 21.8. The molecule has 4 heterocycles. The number of anilines is 2. The second kappa shape index (κ2) is 9.36. The molecule has 7 heteroatoms. The van der Waals surface area contributed by atoms with Gasteiger partial charge in [-0.2, -0.15) is 4.98 Å². The summed E-state index contributed by atoms with van der Waals surface area (Å²) in [6.07, 6.45) is 6.75. The average molecular weight is 429 g/mol. The summed E-state index contributed by atoms with van der Waals surface area (Å²) in [7, 11) is 1.62. The minimum atomic E-state index is 0.557. The van der Waals surface area contributed by atoms with Crippen molar-refractivity contribution in [1.82, 2.24) is 24.5 Å². The second-order valence-electron chi connectivity index (χ2n) is 8.15. The number of hydrogen-bond donors (Lipinski definition) is 1. The van der Waals surface area contributed by atoms with E-state index in [2.05, 4.69) is 49.5 Å². The predicted molar refractivity (Wildman–Crippen MR) is 126 cm³/mol. The molecule has 0 aliphatic carbocycles. The maximum absolute atomic E-state index is 5.43. The largest absolute Gasteiger partial charge is 0.481 e. The summed E-state index contributed by atoms with van der Waals surface area (Å²) in [6.45, 7) is 3.74. The number of ether oxygens (including phenoxy) is 1. The van der Waals surface area contributed by atoms with Gasteiger partial charge >= 0.3 is 0 Å². The van der Waals surface area contributed by atoms with Gasteiger partial charge in [-0.15, -0.1) is 5.10 Å². The van der Waals surface area contributed by atoms with Crippen LogP contribution in [0.3, 0.4) is 0 Å². The molecule has 0 unspecified atom stereocenters. The van der Waals surface area contributed by atoms with Gasteiger partial charge in [-0.05, 0) is 87.3 Å². The van der Waals surface area contributed by atoms with Gasteiger partial charge in [0.2, 0.25) is 11.8 Å². The van der Waals surface area contributed by atoms with Crippen LogP contribution in [0.1, 0.15) is 24.8 Å². The number of nitrogens with one attached hydrogen (secondary N) is 1. The number of hydrogen-bond acceptors (Lipinski definition) is 6. The third-order valence-electron chi connectivity index (χ3n) is 5.95. The van der Waals surface area contributed by atoms with Crippen LogP contribution in [0.4, 0.5) is 11.6 Å². The van der Waals surface area contributed by atoms with Gasteiger partial charge in [0, 0.05) is 11.9 Å². The number of aryl methyl sites for hydroxylation is 1. The van der Waals surface area contributed by atoms with Gasteiger partial charge in [0.05, 0.1) is 18.4 Å². The van der Waals surface area contributed by atoms with Crippen LogP contribution in [-0.4, -0.2) is 51.2 Å². The molecule has 7 nitrogen and oxygen atoms in total. The Kier molecular flexibility index (Phi) is 5.98. The number of likely N-dealkylation sites (tertiary alicyclic amines) is 1.